The SMILES string of the molecule is O=c1cc(-c2ccc(O)cc2)oc2c(O[C@@H]3O[C@H](CO)[C@H](O)[C@H](O)[C@H]3O)c(O)c(O[C@H]3OC[C@@H](O)[C@@H](O)[C@@H]3O)c(O)c12. The number of aliphatic hydroxyl groups is 7. The summed E-state index contributed by atoms with van der Waals surface area (Å²) in [6.45, 7) is -1.32. The van der Waals surface area contributed by atoms with Crippen LogP contribution in [0.3, 0.4) is 0 Å². The summed E-state index contributed by atoms with van der Waals surface area (Å²) in [5, 5.41) is 102. The number of rotatable bonds is 6. The Morgan fingerprint density at radius 1 is 0.786 bits per heavy atom. The molecule has 0 aliphatic carbocycles. The van der Waals surface area contributed by atoms with Crippen LogP contribution in [0.4, 0.5) is 0 Å². The minimum Gasteiger partial charge on any atom is -0.508 e. The maximum Gasteiger partial charge on any atom is 0.229 e. The summed E-state index contributed by atoms with van der Waals surface area (Å²) in [7, 11) is 0. The molecule has 2 saturated heterocycles. The molecule has 42 heavy (non-hydrogen) atoms. The molecule has 5 rings (SSSR count). The van der Waals surface area contributed by atoms with E-state index in [1.165, 1.54) is 24.3 Å². The van der Waals surface area contributed by atoms with Crippen molar-refractivity contribution in [3.8, 4) is 40.1 Å². The summed E-state index contributed by atoms with van der Waals surface area (Å²) in [5.74, 6) is -3.99. The number of hydrogen-bond acceptors (Lipinski definition) is 16. The van der Waals surface area contributed by atoms with E-state index in [0.717, 1.165) is 6.07 Å². The van der Waals surface area contributed by atoms with Crippen LogP contribution in [0.25, 0.3) is 22.3 Å². The van der Waals surface area contributed by atoms with Gasteiger partial charge in [-0.05, 0) is 24.3 Å². The molecule has 16 heteroatoms. The summed E-state index contributed by atoms with van der Waals surface area (Å²) < 4.78 is 27.3. The Labute approximate surface area is 235 Å². The van der Waals surface area contributed by atoms with Crippen LogP contribution in [0.5, 0.6) is 28.7 Å². The quantitative estimate of drug-likeness (QED) is 0.142. The lowest BCUT2D eigenvalue weighted by Gasteiger charge is -2.39. The fourth-order valence-corrected chi connectivity index (χ4v) is 4.58. The lowest BCUT2D eigenvalue weighted by molar-refractivity contribution is -0.277. The van der Waals surface area contributed by atoms with Crippen LogP contribution in [-0.2, 0) is 9.47 Å². The van der Waals surface area contributed by atoms with Gasteiger partial charge in [-0.25, -0.2) is 0 Å². The monoisotopic (exact) mass is 596 g/mol. The van der Waals surface area contributed by atoms with Crippen molar-refractivity contribution < 1.29 is 74.4 Å². The summed E-state index contributed by atoms with van der Waals surface area (Å²) >= 11 is 0. The first kappa shape index (κ1) is 29.8. The summed E-state index contributed by atoms with van der Waals surface area (Å²) in [6, 6.07) is 6.38. The number of phenols is 3. The van der Waals surface area contributed by atoms with Gasteiger partial charge < -0.3 is 74.4 Å². The van der Waals surface area contributed by atoms with Crippen molar-refractivity contribution in [1.29, 1.82) is 0 Å². The number of aliphatic hydroxyl groups excluding tert-OH is 7. The van der Waals surface area contributed by atoms with E-state index in [4.69, 9.17) is 23.4 Å². The first-order valence-corrected chi connectivity index (χ1v) is 12.6. The number of benzene rings is 2. The molecule has 2 aliphatic rings. The Kier molecular flexibility index (Phi) is 8.17. The predicted molar refractivity (Wildman–Crippen MR) is 136 cm³/mol. The number of ether oxygens (including phenoxy) is 4. The molecule has 0 saturated carbocycles. The first-order valence-electron chi connectivity index (χ1n) is 12.6. The maximum atomic E-state index is 13.3. The summed E-state index contributed by atoms with van der Waals surface area (Å²) in [5.41, 5.74) is -1.23. The third-order valence-electron chi connectivity index (χ3n) is 6.96. The van der Waals surface area contributed by atoms with Gasteiger partial charge >= 0.3 is 0 Å². The van der Waals surface area contributed by atoms with Gasteiger partial charge in [0.2, 0.25) is 29.8 Å². The van der Waals surface area contributed by atoms with E-state index in [2.05, 4.69) is 0 Å². The molecule has 9 atom stereocenters. The molecule has 10 N–H and O–H groups in total. The Bertz CT molecular complexity index is 1490. The molecule has 2 aromatic carbocycles. The third-order valence-corrected chi connectivity index (χ3v) is 6.96. The van der Waals surface area contributed by atoms with E-state index in [-0.39, 0.29) is 17.1 Å². The molecule has 3 heterocycles. The molecule has 2 fully saturated rings. The van der Waals surface area contributed by atoms with E-state index >= 15 is 0 Å². The molecule has 0 unspecified atom stereocenters. The largest absolute Gasteiger partial charge is 0.508 e. The van der Waals surface area contributed by atoms with Crippen LogP contribution in [0, 0.1) is 0 Å². The van der Waals surface area contributed by atoms with E-state index in [1.807, 2.05) is 0 Å². The normalized spacial score (nSPS) is 31.6. The van der Waals surface area contributed by atoms with Gasteiger partial charge in [0.25, 0.3) is 0 Å². The smallest absolute Gasteiger partial charge is 0.229 e. The van der Waals surface area contributed by atoms with Gasteiger partial charge in [-0.15, -0.1) is 0 Å². The molecular formula is C26H28O16. The Morgan fingerprint density at radius 3 is 2.10 bits per heavy atom. The number of fused-ring (bicyclic) bond motifs is 1. The van der Waals surface area contributed by atoms with Gasteiger partial charge in [0, 0.05) is 11.6 Å². The average molecular weight is 596 g/mol. The minimum atomic E-state index is -1.97. The van der Waals surface area contributed by atoms with Crippen LogP contribution in [0.2, 0.25) is 0 Å². The zero-order valence-corrected chi connectivity index (χ0v) is 21.4. The second-order valence-corrected chi connectivity index (χ2v) is 9.76. The molecule has 0 bridgehead atoms. The topological polar surface area (TPSA) is 269 Å². The molecule has 228 valence electrons. The summed E-state index contributed by atoms with van der Waals surface area (Å²) in [4.78, 5) is 13.3. The van der Waals surface area contributed by atoms with Crippen molar-refractivity contribution in [3.05, 3.63) is 40.6 Å². The fourth-order valence-electron chi connectivity index (χ4n) is 4.58. The molecule has 3 aromatic rings. The Morgan fingerprint density at radius 2 is 1.43 bits per heavy atom. The molecule has 16 nitrogen and oxygen atoms in total. The van der Waals surface area contributed by atoms with Crippen molar-refractivity contribution >= 4 is 11.0 Å². The van der Waals surface area contributed by atoms with Crippen LogP contribution in [0.1, 0.15) is 0 Å². The second kappa shape index (κ2) is 11.5. The highest BCUT2D eigenvalue weighted by molar-refractivity contribution is 5.95. The summed E-state index contributed by atoms with van der Waals surface area (Å²) in [6.07, 6.45) is -15.8. The Hall–Kier alpha value is -3.71. The van der Waals surface area contributed by atoms with E-state index in [1.54, 1.807) is 0 Å². The van der Waals surface area contributed by atoms with Gasteiger partial charge in [0.1, 0.15) is 59.6 Å². The van der Waals surface area contributed by atoms with Crippen LogP contribution < -0.4 is 14.9 Å². The fraction of sp³-hybridized carbons (Fsp3) is 0.423. The van der Waals surface area contributed by atoms with Crippen LogP contribution in [0.15, 0.2) is 39.5 Å². The standard InChI is InChI=1S/C26H28O16/c27-6-13-16(32)18(34)20(36)26(40-13)42-24-21(37)23(41-25-19(35)15(31)11(30)7-38-25)17(33)14-10(29)5-12(39-22(14)24)8-1-3-9(28)4-2-8/h1-5,11,13,15-16,18-20,25-28,30-37H,6-7H2/t11-,13-,15-,16+,18+,19+,20-,25-,26+/m1/s1. The highest BCUT2D eigenvalue weighted by Gasteiger charge is 2.46. The van der Waals surface area contributed by atoms with Crippen molar-refractivity contribution in [2.75, 3.05) is 13.2 Å². The highest BCUT2D eigenvalue weighted by atomic mass is 16.7. The lowest BCUT2D eigenvalue weighted by atomic mass is 9.99. The minimum absolute atomic E-state index is 0.0876. The molecule has 0 radical (unpaired) electrons. The number of phenolic OH excluding ortho intramolecular Hbond substituents is 3. The third kappa shape index (κ3) is 5.19. The van der Waals surface area contributed by atoms with Crippen molar-refractivity contribution in [1.82, 2.24) is 0 Å². The average Bonchev–Trinajstić information content (AvgIpc) is 2.97. The molecule has 2 aliphatic heterocycles. The first-order chi connectivity index (χ1) is 19.9. The van der Waals surface area contributed by atoms with E-state index < -0.39 is 108 Å². The van der Waals surface area contributed by atoms with Crippen LogP contribution >= 0.6 is 0 Å². The maximum absolute atomic E-state index is 13.3. The zero-order chi connectivity index (χ0) is 30.5. The molecular weight excluding hydrogens is 568 g/mol. The van der Waals surface area contributed by atoms with Gasteiger partial charge in [0.15, 0.2) is 16.8 Å². The Balaban J connectivity index is 1.66. The van der Waals surface area contributed by atoms with Gasteiger partial charge in [-0.2, -0.15) is 0 Å². The highest BCUT2D eigenvalue weighted by Crippen LogP contribution is 2.51. The molecule has 0 amide bonds. The van der Waals surface area contributed by atoms with Crippen molar-refractivity contribution in [2.45, 2.75) is 55.3 Å². The second-order valence-electron chi connectivity index (χ2n) is 9.76. The number of aromatic hydroxyl groups is 3. The molecule has 1 aromatic heterocycles. The van der Waals surface area contributed by atoms with Gasteiger partial charge in [0.05, 0.1) is 13.2 Å². The predicted octanol–water partition coefficient (Wildman–Crippen LogP) is -2.43. The van der Waals surface area contributed by atoms with E-state index in [0.29, 0.717) is 0 Å². The molecule has 0 spiro atoms. The van der Waals surface area contributed by atoms with Crippen molar-refractivity contribution in [2.24, 2.45) is 0 Å². The number of hydrogen-bond donors (Lipinski definition) is 10. The van der Waals surface area contributed by atoms with Crippen molar-refractivity contribution in [3.63, 3.8) is 0 Å². The van der Waals surface area contributed by atoms with Gasteiger partial charge in [-0.3, -0.25) is 4.79 Å². The zero-order valence-electron chi connectivity index (χ0n) is 21.4. The van der Waals surface area contributed by atoms with Crippen LogP contribution in [-0.4, -0.2) is 120 Å². The lowest BCUT2D eigenvalue weighted by Crippen LogP contribution is -2.60. The van der Waals surface area contributed by atoms with Gasteiger partial charge in [-0.1, -0.05) is 0 Å². The van der Waals surface area contributed by atoms with E-state index in [9.17, 15) is 55.9 Å².